The Kier molecular flexibility index (Phi) is 4.01. The molecule has 5 heteroatoms. The van der Waals surface area contributed by atoms with E-state index in [0.717, 1.165) is 22.0 Å². The molecule has 3 aromatic rings. The van der Waals surface area contributed by atoms with E-state index in [4.69, 9.17) is 12.2 Å². The van der Waals surface area contributed by atoms with Crippen LogP contribution < -0.4 is 5.32 Å². The molecular weight excluding hydrogens is 330 g/mol. The number of nitrogens with zero attached hydrogens (tertiary/aromatic N) is 1. The molecule has 1 amide bonds. The van der Waals surface area contributed by atoms with Crippen LogP contribution in [0.4, 0.5) is 0 Å². The topological polar surface area (TPSA) is 48.1 Å². The quantitative estimate of drug-likeness (QED) is 0.708. The van der Waals surface area contributed by atoms with Crippen LogP contribution in [0.2, 0.25) is 0 Å². The van der Waals surface area contributed by atoms with Crippen molar-refractivity contribution in [1.82, 2.24) is 15.2 Å². The maximum absolute atomic E-state index is 13.0. The molecule has 0 saturated carbocycles. The third-order valence-electron chi connectivity index (χ3n) is 4.82. The van der Waals surface area contributed by atoms with Crippen molar-refractivity contribution < 1.29 is 4.79 Å². The van der Waals surface area contributed by atoms with Gasteiger partial charge >= 0.3 is 0 Å². The minimum Gasteiger partial charge on any atom is -0.361 e. The van der Waals surface area contributed by atoms with Crippen molar-refractivity contribution >= 4 is 34.1 Å². The van der Waals surface area contributed by atoms with Gasteiger partial charge in [0, 0.05) is 23.5 Å². The zero-order chi connectivity index (χ0) is 17.4. The van der Waals surface area contributed by atoms with Gasteiger partial charge in [0.05, 0.1) is 6.04 Å². The van der Waals surface area contributed by atoms with E-state index < -0.39 is 0 Å². The van der Waals surface area contributed by atoms with Crippen molar-refractivity contribution in [2.75, 3.05) is 0 Å². The Morgan fingerprint density at radius 1 is 1.12 bits per heavy atom. The lowest BCUT2D eigenvalue weighted by atomic mass is 10.0. The van der Waals surface area contributed by atoms with Crippen molar-refractivity contribution in [3.8, 4) is 0 Å². The molecule has 1 aliphatic rings. The zero-order valence-corrected chi connectivity index (χ0v) is 14.7. The summed E-state index contributed by atoms with van der Waals surface area (Å²) in [5, 5.41) is 4.86. The largest absolute Gasteiger partial charge is 0.361 e. The molecular formula is C20H19N3OS. The van der Waals surface area contributed by atoms with Crippen LogP contribution in [0.25, 0.3) is 10.9 Å². The molecule has 2 N–H and O–H groups in total. The van der Waals surface area contributed by atoms with E-state index in [1.807, 2.05) is 61.7 Å². The highest BCUT2D eigenvalue weighted by Crippen LogP contribution is 2.26. The molecule has 2 atom stereocenters. The van der Waals surface area contributed by atoms with Crippen molar-refractivity contribution in [1.29, 1.82) is 0 Å². The average Bonchev–Trinajstić information content (AvgIpc) is 3.17. The first-order valence-corrected chi connectivity index (χ1v) is 8.79. The lowest BCUT2D eigenvalue weighted by Gasteiger charge is -2.23. The molecule has 25 heavy (non-hydrogen) atoms. The number of amides is 1. The highest BCUT2D eigenvalue weighted by molar-refractivity contribution is 7.80. The summed E-state index contributed by atoms with van der Waals surface area (Å²) in [6.45, 7) is 2.01. The molecule has 2 aromatic carbocycles. The number of carbonyl (C=O) groups is 1. The van der Waals surface area contributed by atoms with Gasteiger partial charge in [0.15, 0.2) is 5.11 Å². The SMILES string of the molecule is C[C@@H](c1ccccc1)N1C(=O)[C@@H](Cc2c[nH]c3ccccc23)NC1=S. The van der Waals surface area contributed by atoms with E-state index >= 15 is 0 Å². The van der Waals surface area contributed by atoms with Crippen molar-refractivity contribution in [3.05, 3.63) is 71.9 Å². The van der Waals surface area contributed by atoms with Crippen molar-refractivity contribution in [2.45, 2.75) is 25.4 Å². The maximum atomic E-state index is 13.0. The van der Waals surface area contributed by atoms with Gasteiger partial charge in [-0.05, 0) is 36.3 Å². The number of hydrogen-bond donors (Lipinski definition) is 2. The molecule has 4 rings (SSSR count). The molecule has 0 bridgehead atoms. The molecule has 1 aromatic heterocycles. The van der Waals surface area contributed by atoms with E-state index in [-0.39, 0.29) is 18.0 Å². The normalized spacial score (nSPS) is 18.6. The van der Waals surface area contributed by atoms with Gasteiger partial charge in [-0.2, -0.15) is 0 Å². The van der Waals surface area contributed by atoms with Gasteiger partial charge in [-0.15, -0.1) is 0 Å². The van der Waals surface area contributed by atoms with E-state index in [2.05, 4.69) is 16.4 Å². The maximum Gasteiger partial charge on any atom is 0.252 e. The molecule has 1 fully saturated rings. The zero-order valence-electron chi connectivity index (χ0n) is 13.9. The molecule has 1 aliphatic heterocycles. The summed E-state index contributed by atoms with van der Waals surface area (Å²) < 4.78 is 0. The van der Waals surface area contributed by atoms with E-state index in [1.165, 1.54) is 0 Å². The Bertz CT molecular complexity index is 934. The van der Waals surface area contributed by atoms with E-state index in [0.29, 0.717) is 11.5 Å². The number of nitrogens with one attached hydrogen (secondary N) is 2. The Hall–Kier alpha value is -2.66. The molecule has 0 radical (unpaired) electrons. The van der Waals surface area contributed by atoms with Crippen molar-refractivity contribution in [2.24, 2.45) is 0 Å². The summed E-state index contributed by atoms with van der Waals surface area (Å²) in [5.41, 5.74) is 3.28. The number of aromatic nitrogens is 1. The summed E-state index contributed by atoms with van der Waals surface area (Å²) in [5.74, 6) is 0.0339. The van der Waals surface area contributed by atoms with E-state index in [9.17, 15) is 4.79 Å². The molecule has 0 unspecified atom stereocenters. The molecule has 1 saturated heterocycles. The smallest absolute Gasteiger partial charge is 0.252 e. The molecule has 4 nitrogen and oxygen atoms in total. The van der Waals surface area contributed by atoms with Gasteiger partial charge < -0.3 is 10.3 Å². The van der Waals surface area contributed by atoms with Gasteiger partial charge in [-0.1, -0.05) is 48.5 Å². The minimum atomic E-state index is -0.321. The fourth-order valence-electron chi connectivity index (χ4n) is 3.45. The lowest BCUT2D eigenvalue weighted by Crippen LogP contribution is -2.34. The molecule has 0 spiro atoms. The van der Waals surface area contributed by atoms with Crippen LogP contribution >= 0.6 is 12.2 Å². The predicted octanol–water partition coefficient (Wildman–Crippen LogP) is 3.56. The fourth-order valence-corrected chi connectivity index (χ4v) is 3.84. The number of thiocarbonyl (C=S) groups is 1. The van der Waals surface area contributed by atoms with Crippen LogP contribution in [-0.2, 0) is 11.2 Å². The Labute approximate surface area is 151 Å². The second-order valence-electron chi connectivity index (χ2n) is 6.36. The third-order valence-corrected chi connectivity index (χ3v) is 5.13. The van der Waals surface area contributed by atoms with E-state index in [1.54, 1.807) is 4.90 Å². The summed E-state index contributed by atoms with van der Waals surface area (Å²) >= 11 is 5.45. The number of aromatic amines is 1. The molecule has 2 heterocycles. The number of rotatable bonds is 4. The van der Waals surface area contributed by atoms with Gasteiger partial charge in [0.2, 0.25) is 0 Å². The Morgan fingerprint density at radius 2 is 1.84 bits per heavy atom. The standard InChI is InChI=1S/C20H19N3OS/c1-13(14-7-3-2-4-8-14)23-19(24)18(22-20(23)25)11-15-12-21-17-10-6-5-9-16(15)17/h2-10,12-13,18,21H,11H2,1H3,(H,22,25)/t13-,18+/m0/s1. The van der Waals surface area contributed by atoms with Gasteiger partial charge in [-0.25, -0.2) is 0 Å². The number of carbonyl (C=O) groups excluding carboxylic acids is 1. The number of para-hydroxylation sites is 1. The Balaban J connectivity index is 1.57. The first-order chi connectivity index (χ1) is 12.1. The molecule has 126 valence electrons. The van der Waals surface area contributed by atoms with Crippen LogP contribution in [-0.4, -0.2) is 26.9 Å². The summed E-state index contributed by atoms with van der Waals surface area (Å²) in [7, 11) is 0. The van der Waals surface area contributed by atoms with Crippen LogP contribution in [0.5, 0.6) is 0 Å². The van der Waals surface area contributed by atoms with Crippen LogP contribution in [0, 0.1) is 0 Å². The highest BCUT2D eigenvalue weighted by atomic mass is 32.1. The lowest BCUT2D eigenvalue weighted by molar-refractivity contribution is -0.128. The number of H-pyrrole nitrogens is 1. The Morgan fingerprint density at radius 3 is 2.64 bits per heavy atom. The van der Waals surface area contributed by atoms with Gasteiger partial charge in [-0.3, -0.25) is 9.69 Å². The highest BCUT2D eigenvalue weighted by Gasteiger charge is 2.38. The summed E-state index contributed by atoms with van der Waals surface area (Å²) in [6.07, 6.45) is 2.59. The summed E-state index contributed by atoms with van der Waals surface area (Å²) in [4.78, 5) is 17.9. The second kappa shape index (κ2) is 6.33. The van der Waals surface area contributed by atoms with Crippen LogP contribution in [0.15, 0.2) is 60.8 Å². The van der Waals surface area contributed by atoms with Crippen molar-refractivity contribution in [3.63, 3.8) is 0 Å². The molecule has 0 aliphatic carbocycles. The first-order valence-electron chi connectivity index (χ1n) is 8.38. The number of hydrogen-bond acceptors (Lipinski definition) is 2. The van der Waals surface area contributed by atoms with Gasteiger partial charge in [0.25, 0.3) is 5.91 Å². The number of benzene rings is 2. The average molecular weight is 349 g/mol. The predicted molar refractivity (Wildman–Crippen MR) is 103 cm³/mol. The van der Waals surface area contributed by atoms with Crippen LogP contribution in [0.1, 0.15) is 24.1 Å². The first kappa shape index (κ1) is 15.8. The summed E-state index contributed by atoms with van der Waals surface area (Å²) in [6, 6.07) is 17.7. The third kappa shape index (κ3) is 2.81. The fraction of sp³-hybridized carbons (Fsp3) is 0.200. The minimum absolute atomic E-state index is 0.0339. The van der Waals surface area contributed by atoms with Crippen LogP contribution in [0.3, 0.4) is 0 Å². The second-order valence-corrected chi connectivity index (χ2v) is 6.75. The number of fused-ring (bicyclic) bond motifs is 1. The monoisotopic (exact) mass is 349 g/mol. The van der Waals surface area contributed by atoms with Gasteiger partial charge in [0.1, 0.15) is 6.04 Å².